The molecule has 0 aromatic heterocycles. The van der Waals surface area contributed by atoms with E-state index < -0.39 is 10.0 Å². The van der Waals surface area contributed by atoms with Crippen LogP contribution in [0.3, 0.4) is 0 Å². The smallest absolute Gasteiger partial charge is 0.243 e. The van der Waals surface area contributed by atoms with E-state index in [9.17, 15) is 17.6 Å². The summed E-state index contributed by atoms with van der Waals surface area (Å²) in [6, 6.07) is 11.8. The standard InChI is InChI=1S/C21H24ClFN2O4S/c1-24(30(27,28)20-9-7-17(22)8-10-20)15-21(26)25(14-19-6-3-11-29-19)13-16-4-2-5-18(23)12-16/h2,4-5,7-10,12,19H,3,6,11,13-15H2,1H3. The highest BCUT2D eigenvalue weighted by Crippen LogP contribution is 2.19. The van der Waals surface area contributed by atoms with Crippen molar-refractivity contribution in [1.29, 1.82) is 0 Å². The molecular formula is C21H24ClFN2O4S. The van der Waals surface area contributed by atoms with Gasteiger partial charge in [0.05, 0.1) is 17.5 Å². The lowest BCUT2D eigenvalue weighted by molar-refractivity contribution is -0.133. The molecule has 3 rings (SSSR count). The molecule has 1 atom stereocenters. The van der Waals surface area contributed by atoms with Crippen molar-refractivity contribution in [1.82, 2.24) is 9.21 Å². The summed E-state index contributed by atoms with van der Waals surface area (Å²) in [7, 11) is -2.50. The fraction of sp³-hybridized carbons (Fsp3) is 0.381. The van der Waals surface area contributed by atoms with Gasteiger partial charge in [0.2, 0.25) is 15.9 Å². The average molecular weight is 455 g/mol. The van der Waals surface area contributed by atoms with E-state index in [0.29, 0.717) is 23.7 Å². The summed E-state index contributed by atoms with van der Waals surface area (Å²) in [5.74, 6) is -0.769. The number of carbonyl (C=O) groups is 1. The Morgan fingerprint density at radius 3 is 2.60 bits per heavy atom. The third kappa shape index (κ3) is 5.78. The molecule has 1 aliphatic heterocycles. The molecule has 0 saturated carbocycles. The second-order valence-corrected chi connectivity index (χ2v) is 9.74. The summed E-state index contributed by atoms with van der Waals surface area (Å²) in [5, 5.41) is 0.422. The van der Waals surface area contributed by atoms with E-state index in [4.69, 9.17) is 16.3 Å². The molecular weight excluding hydrogens is 431 g/mol. The summed E-state index contributed by atoms with van der Waals surface area (Å²) < 4.78 is 45.8. The van der Waals surface area contributed by atoms with Gasteiger partial charge in [-0.3, -0.25) is 4.79 Å². The molecule has 0 radical (unpaired) electrons. The molecule has 1 aliphatic rings. The first-order chi connectivity index (χ1) is 14.3. The number of rotatable bonds is 8. The minimum Gasteiger partial charge on any atom is -0.376 e. The van der Waals surface area contributed by atoms with Crippen LogP contribution in [0, 0.1) is 5.82 Å². The lowest BCUT2D eigenvalue weighted by atomic mass is 10.1. The van der Waals surface area contributed by atoms with E-state index in [1.54, 1.807) is 12.1 Å². The van der Waals surface area contributed by atoms with Crippen molar-refractivity contribution < 1.29 is 22.3 Å². The lowest BCUT2D eigenvalue weighted by Crippen LogP contribution is -2.43. The van der Waals surface area contributed by atoms with Crippen LogP contribution in [-0.4, -0.2) is 56.4 Å². The van der Waals surface area contributed by atoms with E-state index in [1.165, 1.54) is 48.3 Å². The summed E-state index contributed by atoms with van der Waals surface area (Å²) in [4.78, 5) is 14.6. The molecule has 2 aromatic rings. The highest BCUT2D eigenvalue weighted by molar-refractivity contribution is 7.89. The highest BCUT2D eigenvalue weighted by Gasteiger charge is 2.28. The van der Waals surface area contributed by atoms with Gasteiger partial charge in [0.15, 0.2) is 0 Å². The number of hydrogen-bond acceptors (Lipinski definition) is 4. The summed E-state index contributed by atoms with van der Waals surface area (Å²) in [6.07, 6.45) is 1.63. The number of nitrogens with zero attached hydrogens (tertiary/aromatic N) is 2. The van der Waals surface area contributed by atoms with Gasteiger partial charge in [-0.05, 0) is 54.8 Å². The first-order valence-electron chi connectivity index (χ1n) is 9.61. The largest absolute Gasteiger partial charge is 0.376 e. The van der Waals surface area contributed by atoms with Gasteiger partial charge in [-0.15, -0.1) is 0 Å². The Hall–Kier alpha value is -2.00. The predicted molar refractivity (Wildman–Crippen MR) is 112 cm³/mol. The van der Waals surface area contributed by atoms with Crippen LogP contribution in [-0.2, 0) is 26.1 Å². The van der Waals surface area contributed by atoms with Crippen molar-refractivity contribution >= 4 is 27.5 Å². The third-order valence-electron chi connectivity index (χ3n) is 4.94. The molecule has 1 saturated heterocycles. The zero-order chi connectivity index (χ0) is 21.7. The number of likely N-dealkylation sites (N-methyl/N-ethyl adjacent to an activating group) is 1. The highest BCUT2D eigenvalue weighted by atomic mass is 35.5. The molecule has 0 bridgehead atoms. The predicted octanol–water partition coefficient (Wildman–Crippen LogP) is 3.31. The first kappa shape index (κ1) is 22.7. The Bertz CT molecular complexity index is 979. The van der Waals surface area contributed by atoms with Gasteiger partial charge in [-0.1, -0.05) is 23.7 Å². The summed E-state index contributed by atoms with van der Waals surface area (Å²) >= 11 is 5.83. The molecule has 1 unspecified atom stereocenters. The Balaban J connectivity index is 1.74. The average Bonchev–Trinajstić information content (AvgIpc) is 3.21. The second-order valence-electron chi connectivity index (χ2n) is 7.25. The van der Waals surface area contributed by atoms with Crippen molar-refractivity contribution in [3.63, 3.8) is 0 Å². The van der Waals surface area contributed by atoms with Crippen molar-refractivity contribution in [3.05, 3.63) is 64.9 Å². The van der Waals surface area contributed by atoms with Crippen LogP contribution in [0.25, 0.3) is 0 Å². The zero-order valence-electron chi connectivity index (χ0n) is 16.6. The maximum absolute atomic E-state index is 13.6. The summed E-state index contributed by atoms with van der Waals surface area (Å²) in [5.41, 5.74) is 0.629. The molecule has 1 fully saturated rings. The molecule has 0 aliphatic carbocycles. The van der Waals surface area contributed by atoms with Crippen LogP contribution >= 0.6 is 11.6 Å². The van der Waals surface area contributed by atoms with Crippen molar-refractivity contribution in [2.24, 2.45) is 0 Å². The zero-order valence-corrected chi connectivity index (χ0v) is 18.2. The molecule has 6 nitrogen and oxygen atoms in total. The summed E-state index contributed by atoms with van der Waals surface area (Å²) in [6.45, 7) is 0.792. The molecule has 0 N–H and O–H groups in total. The van der Waals surface area contributed by atoms with Crippen LogP contribution in [0.15, 0.2) is 53.4 Å². The topological polar surface area (TPSA) is 66.9 Å². The molecule has 9 heteroatoms. The van der Waals surface area contributed by atoms with E-state index >= 15 is 0 Å². The van der Waals surface area contributed by atoms with Crippen LogP contribution < -0.4 is 0 Å². The number of sulfonamides is 1. The molecule has 1 amide bonds. The molecule has 1 heterocycles. The molecule has 0 spiro atoms. The number of ether oxygens (including phenoxy) is 1. The Labute approximate surface area is 181 Å². The maximum Gasteiger partial charge on any atom is 0.243 e. The van der Waals surface area contributed by atoms with Gasteiger partial charge in [0, 0.05) is 31.8 Å². The van der Waals surface area contributed by atoms with Gasteiger partial charge in [0.1, 0.15) is 5.82 Å². The number of carbonyl (C=O) groups excluding carboxylic acids is 1. The lowest BCUT2D eigenvalue weighted by Gasteiger charge is -2.27. The number of benzene rings is 2. The van der Waals surface area contributed by atoms with Crippen molar-refractivity contribution in [2.75, 3.05) is 26.7 Å². The normalized spacial score (nSPS) is 16.7. The minimum atomic E-state index is -3.86. The minimum absolute atomic E-state index is 0.0537. The van der Waals surface area contributed by atoms with Gasteiger partial charge >= 0.3 is 0 Å². The third-order valence-corrected chi connectivity index (χ3v) is 7.01. The molecule has 162 valence electrons. The Kier molecular flexibility index (Phi) is 7.46. The quantitative estimate of drug-likeness (QED) is 0.613. The van der Waals surface area contributed by atoms with Crippen LogP contribution in [0.4, 0.5) is 4.39 Å². The molecule has 30 heavy (non-hydrogen) atoms. The van der Waals surface area contributed by atoms with Crippen LogP contribution in [0.2, 0.25) is 5.02 Å². The Morgan fingerprint density at radius 2 is 1.97 bits per heavy atom. The Morgan fingerprint density at radius 1 is 1.23 bits per heavy atom. The van der Waals surface area contributed by atoms with Gasteiger partial charge < -0.3 is 9.64 Å². The SMILES string of the molecule is CN(CC(=O)N(Cc1cccc(F)c1)CC1CCCO1)S(=O)(=O)c1ccc(Cl)cc1. The van der Waals surface area contributed by atoms with Crippen molar-refractivity contribution in [2.45, 2.75) is 30.4 Å². The van der Waals surface area contributed by atoms with Crippen LogP contribution in [0.5, 0.6) is 0 Å². The van der Waals surface area contributed by atoms with E-state index in [-0.39, 0.29) is 35.8 Å². The second kappa shape index (κ2) is 9.87. The first-order valence-corrected chi connectivity index (χ1v) is 11.4. The number of amides is 1. The fourth-order valence-corrected chi connectivity index (χ4v) is 4.55. The molecule has 2 aromatic carbocycles. The van der Waals surface area contributed by atoms with E-state index in [2.05, 4.69) is 0 Å². The van der Waals surface area contributed by atoms with E-state index in [0.717, 1.165) is 17.1 Å². The number of hydrogen-bond donors (Lipinski definition) is 0. The van der Waals surface area contributed by atoms with Gasteiger partial charge in [0.25, 0.3) is 0 Å². The van der Waals surface area contributed by atoms with Gasteiger partial charge in [-0.2, -0.15) is 4.31 Å². The van der Waals surface area contributed by atoms with Crippen molar-refractivity contribution in [3.8, 4) is 0 Å². The van der Waals surface area contributed by atoms with E-state index in [1.807, 2.05) is 0 Å². The van der Waals surface area contributed by atoms with Crippen LogP contribution in [0.1, 0.15) is 18.4 Å². The maximum atomic E-state index is 13.6. The fourth-order valence-electron chi connectivity index (χ4n) is 3.31. The monoisotopic (exact) mass is 454 g/mol. The van der Waals surface area contributed by atoms with Gasteiger partial charge in [-0.25, -0.2) is 12.8 Å². The number of halogens is 2.